The molecule has 0 aromatic heterocycles. The molecule has 1 aliphatic heterocycles. The molecule has 0 radical (unpaired) electrons. The standard InChI is InChI=1S/C16H26N2O/c17-14-15-6-8-16(9-7-15)19-13-12-18-10-4-2-1-3-5-11-18/h6-9H,1-5,10-14,17H2. The zero-order valence-electron chi connectivity index (χ0n) is 11.8. The van der Waals surface area contributed by atoms with Gasteiger partial charge in [-0.3, -0.25) is 4.90 Å². The number of nitrogens with zero attached hydrogens (tertiary/aromatic N) is 1. The van der Waals surface area contributed by atoms with Crippen LogP contribution in [0, 0.1) is 0 Å². The third-order valence-corrected chi connectivity index (χ3v) is 3.78. The minimum absolute atomic E-state index is 0.591. The minimum atomic E-state index is 0.591. The van der Waals surface area contributed by atoms with Crippen LogP contribution < -0.4 is 10.5 Å². The summed E-state index contributed by atoms with van der Waals surface area (Å²) in [6.45, 7) is 4.87. The van der Waals surface area contributed by atoms with Gasteiger partial charge >= 0.3 is 0 Å². The molecule has 0 bridgehead atoms. The van der Waals surface area contributed by atoms with Crippen molar-refractivity contribution < 1.29 is 4.74 Å². The predicted molar refractivity (Wildman–Crippen MR) is 79.4 cm³/mol. The van der Waals surface area contributed by atoms with Crippen molar-refractivity contribution in [3.63, 3.8) is 0 Å². The van der Waals surface area contributed by atoms with E-state index in [1.165, 1.54) is 45.2 Å². The third-order valence-electron chi connectivity index (χ3n) is 3.78. The van der Waals surface area contributed by atoms with Crippen molar-refractivity contribution in [1.82, 2.24) is 4.90 Å². The Balaban J connectivity index is 1.69. The molecule has 106 valence electrons. The lowest BCUT2D eigenvalue weighted by molar-refractivity contribution is 0.195. The Hall–Kier alpha value is -1.06. The Bertz CT molecular complexity index is 342. The van der Waals surface area contributed by atoms with Gasteiger partial charge in [-0.05, 0) is 43.6 Å². The van der Waals surface area contributed by atoms with Crippen molar-refractivity contribution >= 4 is 0 Å². The fourth-order valence-electron chi connectivity index (χ4n) is 2.55. The molecular weight excluding hydrogens is 236 g/mol. The highest BCUT2D eigenvalue weighted by molar-refractivity contribution is 5.27. The van der Waals surface area contributed by atoms with Gasteiger partial charge in [0, 0.05) is 13.1 Å². The van der Waals surface area contributed by atoms with Gasteiger partial charge in [0.05, 0.1) is 0 Å². The molecule has 0 spiro atoms. The normalized spacial score (nSPS) is 17.7. The van der Waals surface area contributed by atoms with E-state index in [4.69, 9.17) is 10.5 Å². The first-order chi connectivity index (χ1) is 9.38. The number of nitrogens with two attached hydrogens (primary N) is 1. The summed E-state index contributed by atoms with van der Waals surface area (Å²) >= 11 is 0. The van der Waals surface area contributed by atoms with Gasteiger partial charge in [0.2, 0.25) is 0 Å². The molecule has 3 nitrogen and oxygen atoms in total. The van der Waals surface area contributed by atoms with Gasteiger partial charge in [-0.15, -0.1) is 0 Å². The lowest BCUT2D eigenvalue weighted by Gasteiger charge is -2.24. The number of hydrogen-bond acceptors (Lipinski definition) is 3. The molecule has 1 fully saturated rings. The average Bonchev–Trinajstić information content (AvgIpc) is 2.42. The second-order valence-electron chi connectivity index (χ2n) is 5.31. The monoisotopic (exact) mass is 262 g/mol. The highest BCUT2D eigenvalue weighted by Gasteiger charge is 2.07. The fourth-order valence-corrected chi connectivity index (χ4v) is 2.55. The number of likely N-dealkylation sites (tertiary alicyclic amines) is 1. The summed E-state index contributed by atoms with van der Waals surface area (Å²) < 4.78 is 5.80. The molecule has 1 saturated heterocycles. The molecule has 0 atom stereocenters. The third kappa shape index (κ3) is 5.21. The second-order valence-corrected chi connectivity index (χ2v) is 5.31. The maximum absolute atomic E-state index is 5.80. The number of hydrogen-bond donors (Lipinski definition) is 1. The van der Waals surface area contributed by atoms with Crippen LogP contribution in [0.4, 0.5) is 0 Å². The van der Waals surface area contributed by atoms with E-state index < -0.39 is 0 Å². The van der Waals surface area contributed by atoms with Crippen molar-refractivity contribution in [3.05, 3.63) is 29.8 Å². The molecule has 1 aromatic rings. The van der Waals surface area contributed by atoms with E-state index in [0.717, 1.165) is 24.5 Å². The van der Waals surface area contributed by atoms with E-state index >= 15 is 0 Å². The Kier molecular flexibility index (Phi) is 6.18. The quantitative estimate of drug-likeness (QED) is 0.887. The van der Waals surface area contributed by atoms with Gasteiger partial charge in [0.1, 0.15) is 12.4 Å². The number of rotatable bonds is 5. The number of benzene rings is 1. The van der Waals surface area contributed by atoms with Gasteiger partial charge in [0.15, 0.2) is 0 Å². The predicted octanol–water partition coefficient (Wildman–Crippen LogP) is 2.79. The van der Waals surface area contributed by atoms with Crippen molar-refractivity contribution in [1.29, 1.82) is 0 Å². The molecule has 1 aliphatic rings. The largest absolute Gasteiger partial charge is 0.492 e. The van der Waals surface area contributed by atoms with E-state index in [0.29, 0.717) is 6.54 Å². The van der Waals surface area contributed by atoms with Crippen molar-refractivity contribution in [3.8, 4) is 5.75 Å². The van der Waals surface area contributed by atoms with Crippen LogP contribution in [0.5, 0.6) is 5.75 Å². The molecular formula is C16H26N2O. The molecule has 0 amide bonds. The van der Waals surface area contributed by atoms with Crippen LogP contribution in [0.25, 0.3) is 0 Å². The van der Waals surface area contributed by atoms with Crippen LogP contribution in [0.15, 0.2) is 24.3 Å². The Morgan fingerprint density at radius 2 is 1.58 bits per heavy atom. The van der Waals surface area contributed by atoms with Crippen LogP contribution >= 0.6 is 0 Å². The molecule has 1 aromatic carbocycles. The first-order valence-corrected chi connectivity index (χ1v) is 7.52. The minimum Gasteiger partial charge on any atom is -0.492 e. The highest BCUT2D eigenvalue weighted by atomic mass is 16.5. The molecule has 0 unspecified atom stereocenters. The van der Waals surface area contributed by atoms with Crippen LogP contribution in [0.3, 0.4) is 0 Å². The van der Waals surface area contributed by atoms with Crippen LogP contribution in [-0.4, -0.2) is 31.1 Å². The van der Waals surface area contributed by atoms with Crippen LogP contribution in [-0.2, 0) is 6.54 Å². The molecule has 0 aliphatic carbocycles. The van der Waals surface area contributed by atoms with Gasteiger partial charge < -0.3 is 10.5 Å². The highest BCUT2D eigenvalue weighted by Crippen LogP contribution is 2.13. The summed E-state index contributed by atoms with van der Waals surface area (Å²) in [7, 11) is 0. The Morgan fingerprint density at radius 3 is 2.21 bits per heavy atom. The Labute approximate surface area is 116 Å². The molecule has 0 saturated carbocycles. The lowest BCUT2D eigenvalue weighted by Crippen LogP contribution is -2.31. The fraction of sp³-hybridized carbons (Fsp3) is 0.625. The van der Waals surface area contributed by atoms with E-state index in [1.54, 1.807) is 0 Å². The summed E-state index contributed by atoms with van der Waals surface area (Å²) in [5.74, 6) is 0.948. The summed E-state index contributed by atoms with van der Waals surface area (Å²) in [5.41, 5.74) is 6.73. The van der Waals surface area contributed by atoms with E-state index in [2.05, 4.69) is 4.90 Å². The summed E-state index contributed by atoms with van der Waals surface area (Å²) in [6.07, 6.45) is 6.87. The van der Waals surface area contributed by atoms with Crippen LogP contribution in [0.1, 0.15) is 37.7 Å². The van der Waals surface area contributed by atoms with Gasteiger partial charge in [0.25, 0.3) is 0 Å². The van der Waals surface area contributed by atoms with E-state index in [9.17, 15) is 0 Å². The average molecular weight is 262 g/mol. The molecule has 3 heteroatoms. The van der Waals surface area contributed by atoms with Crippen molar-refractivity contribution in [2.24, 2.45) is 5.73 Å². The molecule has 1 heterocycles. The van der Waals surface area contributed by atoms with Crippen molar-refractivity contribution in [2.45, 2.75) is 38.6 Å². The zero-order chi connectivity index (χ0) is 13.3. The smallest absolute Gasteiger partial charge is 0.119 e. The first kappa shape index (κ1) is 14.4. The van der Waals surface area contributed by atoms with Crippen LogP contribution in [0.2, 0.25) is 0 Å². The van der Waals surface area contributed by atoms with E-state index in [-0.39, 0.29) is 0 Å². The van der Waals surface area contributed by atoms with Gasteiger partial charge in [-0.25, -0.2) is 0 Å². The Morgan fingerprint density at radius 1 is 0.947 bits per heavy atom. The maximum atomic E-state index is 5.80. The first-order valence-electron chi connectivity index (χ1n) is 7.52. The SMILES string of the molecule is NCc1ccc(OCCN2CCCCCCC2)cc1. The van der Waals surface area contributed by atoms with Gasteiger partial charge in [-0.1, -0.05) is 31.4 Å². The lowest BCUT2D eigenvalue weighted by atomic mass is 10.1. The topological polar surface area (TPSA) is 38.5 Å². The number of ether oxygens (including phenoxy) is 1. The molecule has 2 rings (SSSR count). The van der Waals surface area contributed by atoms with Gasteiger partial charge in [-0.2, -0.15) is 0 Å². The maximum Gasteiger partial charge on any atom is 0.119 e. The summed E-state index contributed by atoms with van der Waals surface area (Å²) in [5, 5.41) is 0. The molecule has 19 heavy (non-hydrogen) atoms. The second kappa shape index (κ2) is 8.18. The summed E-state index contributed by atoms with van der Waals surface area (Å²) in [4.78, 5) is 2.54. The van der Waals surface area contributed by atoms with Crippen molar-refractivity contribution in [2.75, 3.05) is 26.2 Å². The zero-order valence-corrected chi connectivity index (χ0v) is 11.8. The molecule has 2 N–H and O–H groups in total. The van der Waals surface area contributed by atoms with E-state index in [1.807, 2.05) is 24.3 Å². The summed E-state index contributed by atoms with van der Waals surface area (Å²) in [6, 6.07) is 8.09.